The van der Waals surface area contributed by atoms with Gasteiger partial charge in [-0.1, -0.05) is 13.3 Å². The summed E-state index contributed by atoms with van der Waals surface area (Å²) >= 11 is 0. The molecule has 0 spiro atoms. The molecule has 4 nitrogen and oxygen atoms in total. The smallest absolute Gasteiger partial charge is 0.183 e. The van der Waals surface area contributed by atoms with Crippen LogP contribution in [0.4, 0.5) is 5.82 Å². The van der Waals surface area contributed by atoms with Gasteiger partial charge in [0.15, 0.2) is 5.78 Å². The molecule has 0 amide bonds. The number of aromatic nitrogens is 1. The number of rotatable bonds is 4. The number of ketones is 1. The maximum Gasteiger partial charge on any atom is 0.183 e. The van der Waals surface area contributed by atoms with Gasteiger partial charge in [-0.3, -0.25) is 4.79 Å². The molecule has 0 saturated heterocycles. The van der Waals surface area contributed by atoms with E-state index in [2.05, 4.69) is 4.98 Å². The second-order valence-corrected chi connectivity index (χ2v) is 3.20. The number of Topliss-reactive ketones (excluding diaryl/α,β-unsaturated/α-hetero) is 1. The number of nitrogens with two attached hydrogens (primary N) is 2. The topological polar surface area (TPSA) is 82.0 Å². The molecule has 0 radical (unpaired) electrons. The van der Waals surface area contributed by atoms with E-state index in [4.69, 9.17) is 11.5 Å². The van der Waals surface area contributed by atoms with Gasteiger partial charge in [-0.2, -0.15) is 0 Å². The summed E-state index contributed by atoms with van der Waals surface area (Å²) in [4.78, 5) is 15.6. The first-order valence-electron chi connectivity index (χ1n) is 4.67. The minimum Gasteiger partial charge on any atom is -0.383 e. The molecule has 76 valence electrons. The van der Waals surface area contributed by atoms with Crippen LogP contribution in [0.2, 0.25) is 0 Å². The first kappa shape index (κ1) is 10.7. The predicted octanol–water partition coefficient (Wildman–Crippen LogP) is 0.974. The van der Waals surface area contributed by atoms with Gasteiger partial charge in [0, 0.05) is 6.20 Å². The van der Waals surface area contributed by atoms with Crippen molar-refractivity contribution >= 4 is 11.6 Å². The molecule has 1 unspecified atom stereocenters. The van der Waals surface area contributed by atoms with Crippen molar-refractivity contribution in [2.45, 2.75) is 25.8 Å². The zero-order chi connectivity index (χ0) is 10.6. The first-order valence-corrected chi connectivity index (χ1v) is 4.67. The molecule has 0 aromatic carbocycles. The van der Waals surface area contributed by atoms with Crippen molar-refractivity contribution < 1.29 is 4.79 Å². The molecule has 1 aromatic rings. The Morgan fingerprint density at radius 1 is 1.64 bits per heavy atom. The quantitative estimate of drug-likeness (QED) is 0.698. The van der Waals surface area contributed by atoms with Gasteiger partial charge in [0.25, 0.3) is 0 Å². The highest BCUT2D eigenvalue weighted by molar-refractivity contribution is 6.03. The molecule has 0 aliphatic heterocycles. The molecule has 0 aliphatic carbocycles. The Morgan fingerprint density at radius 2 is 2.36 bits per heavy atom. The molecule has 1 aromatic heterocycles. The maximum atomic E-state index is 11.7. The summed E-state index contributed by atoms with van der Waals surface area (Å²) in [6.45, 7) is 1.99. The Labute approximate surface area is 83.3 Å². The van der Waals surface area contributed by atoms with Gasteiger partial charge in [-0.15, -0.1) is 0 Å². The van der Waals surface area contributed by atoms with E-state index in [0.717, 1.165) is 6.42 Å². The SMILES string of the molecule is CCCC(N)C(=O)c1cccnc1N. The van der Waals surface area contributed by atoms with E-state index >= 15 is 0 Å². The lowest BCUT2D eigenvalue weighted by Gasteiger charge is -2.09. The summed E-state index contributed by atoms with van der Waals surface area (Å²) in [7, 11) is 0. The minimum atomic E-state index is -0.466. The Bertz CT molecular complexity index is 325. The molecule has 0 fully saturated rings. The molecule has 4 heteroatoms. The van der Waals surface area contributed by atoms with Gasteiger partial charge in [0.05, 0.1) is 11.6 Å². The third-order valence-corrected chi connectivity index (χ3v) is 2.04. The van der Waals surface area contributed by atoms with Crippen molar-refractivity contribution in [3.8, 4) is 0 Å². The average molecular weight is 193 g/mol. The van der Waals surface area contributed by atoms with Crippen molar-refractivity contribution in [3.63, 3.8) is 0 Å². The predicted molar refractivity (Wildman–Crippen MR) is 55.9 cm³/mol. The normalized spacial score (nSPS) is 12.4. The van der Waals surface area contributed by atoms with Crippen LogP contribution in [-0.4, -0.2) is 16.8 Å². The standard InChI is InChI=1S/C10H15N3O/c1-2-4-8(11)9(14)7-5-3-6-13-10(7)12/h3,5-6,8H,2,4,11H2,1H3,(H2,12,13). The highest BCUT2D eigenvalue weighted by Gasteiger charge is 2.17. The van der Waals surface area contributed by atoms with Crippen LogP contribution in [0.25, 0.3) is 0 Å². The second-order valence-electron chi connectivity index (χ2n) is 3.20. The van der Waals surface area contributed by atoms with Crippen LogP contribution in [0.1, 0.15) is 30.1 Å². The van der Waals surface area contributed by atoms with Crippen LogP contribution < -0.4 is 11.5 Å². The summed E-state index contributed by atoms with van der Waals surface area (Å²) in [6, 6.07) is 2.87. The number of pyridine rings is 1. The van der Waals surface area contributed by atoms with E-state index in [1.165, 1.54) is 0 Å². The highest BCUT2D eigenvalue weighted by Crippen LogP contribution is 2.11. The Kier molecular flexibility index (Phi) is 3.59. The molecule has 0 aliphatic rings. The van der Waals surface area contributed by atoms with Crippen molar-refractivity contribution in [2.75, 3.05) is 5.73 Å². The lowest BCUT2D eigenvalue weighted by molar-refractivity contribution is 0.0957. The van der Waals surface area contributed by atoms with Crippen LogP contribution >= 0.6 is 0 Å². The number of anilines is 1. The number of nitrogens with zero attached hydrogens (tertiary/aromatic N) is 1. The molecule has 4 N–H and O–H groups in total. The van der Waals surface area contributed by atoms with Gasteiger partial charge in [0.1, 0.15) is 5.82 Å². The van der Waals surface area contributed by atoms with E-state index < -0.39 is 6.04 Å². The molecule has 1 rings (SSSR count). The van der Waals surface area contributed by atoms with Gasteiger partial charge in [-0.05, 0) is 18.6 Å². The van der Waals surface area contributed by atoms with Gasteiger partial charge in [-0.25, -0.2) is 4.98 Å². The van der Waals surface area contributed by atoms with E-state index in [1.807, 2.05) is 6.92 Å². The second kappa shape index (κ2) is 4.72. The number of nitrogen functional groups attached to an aromatic ring is 1. The highest BCUT2D eigenvalue weighted by atomic mass is 16.1. The van der Waals surface area contributed by atoms with Crippen molar-refractivity contribution in [1.82, 2.24) is 4.98 Å². The lowest BCUT2D eigenvalue weighted by Crippen LogP contribution is -2.30. The van der Waals surface area contributed by atoms with Crippen LogP contribution in [0.15, 0.2) is 18.3 Å². The zero-order valence-electron chi connectivity index (χ0n) is 8.23. The third kappa shape index (κ3) is 2.29. The number of carbonyl (C=O) groups is 1. The Balaban J connectivity index is 2.84. The van der Waals surface area contributed by atoms with E-state index in [9.17, 15) is 4.79 Å². The van der Waals surface area contributed by atoms with Gasteiger partial charge in [0.2, 0.25) is 0 Å². The molecule has 0 bridgehead atoms. The largest absolute Gasteiger partial charge is 0.383 e. The summed E-state index contributed by atoms with van der Waals surface area (Å²) in [5, 5.41) is 0. The maximum absolute atomic E-state index is 11.7. The summed E-state index contributed by atoms with van der Waals surface area (Å²) in [5.41, 5.74) is 11.7. The number of carbonyl (C=O) groups excluding carboxylic acids is 1. The average Bonchev–Trinajstić information content (AvgIpc) is 2.18. The fourth-order valence-corrected chi connectivity index (χ4v) is 1.27. The minimum absolute atomic E-state index is 0.127. The van der Waals surface area contributed by atoms with E-state index in [1.54, 1.807) is 18.3 Å². The van der Waals surface area contributed by atoms with Crippen molar-refractivity contribution in [3.05, 3.63) is 23.9 Å². The molecule has 0 saturated carbocycles. The molecular weight excluding hydrogens is 178 g/mol. The van der Waals surface area contributed by atoms with Gasteiger partial charge >= 0.3 is 0 Å². The van der Waals surface area contributed by atoms with Crippen LogP contribution in [0.3, 0.4) is 0 Å². The Morgan fingerprint density at radius 3 is 2.93 bits per heavy atom. The van der Waals surface area contributed by atoms with Crippen molar-refractivity contribution in [1.29, 1.82) is 0 Å². The first-order chi connectivity index (χ1) is 6.66. The molecule has 1 heterocycles. The zero-order valence-corrected chi connectivity index (χ0v) is 8.23. The van der Waals surface area contributed by atoms with Crippen LogP contribution in [0, 0.1) is 0 Å². The molecule has 1 atom stereocenters. The third-order valence-electron chi connectivity index (χ3n) is 2.04. The molecule has 14 heavy (non-hydrogen) atoms. The fraction of sp³-hybridized carbons (Fsp3) is 0.400. The Hall–Kier alpha value is -1.42. The number of hydrogen-bond donors (Lipinski definition) is 2. The van der Waals surface area contributed by atoms with Gasteiger partial charge < -0.3 is 11.5 Å². The van der Waals surface area contributed by atoms with E-state index in [-0.39, 0.29) is 11.6 Å². The van der Waals surface area contributed by atoms with Crippen LogP contribution in [-0.2, 0) is 0 Å². The monoisotopic (exact) mass is 193 g/mol. The van der Waals surface area contributed by atoms with E-state index in [0.29, 0.717) is 12.0 Å². The number of hydrogen-bond acceptors (Lipinski definition) is 4. The van der Waals surface area contributed by atoms with Crippen molar-refractivity contribution in [2.24, 2.45) is 5.73 Å². The molecular formula is C10H15N3O. The lowest BCUT2D eigenvalue weighted by atomic mass is 10.0. The fourth-order valence-electron chi connectivity index (χ4n) is 1.27. The summed E-state index contributed by atoms with van der Waals surface area (Å²) < 4.78 is 0. The summed E-state index contributed by atoms with van der Waals surface area (Å²) in [5.74, 6) is 0.126. The van der Waals surface area contributed by atoms with Crippen LogP contribution in [0.5, 0.6) is 0 Å². The summed E-state index contributed by atoms with van der Waals surface area (Å²) in [6.07, 6.45) is 3.11.